The molecule has 0 saturated carbocycles. The van der Waals surface area contributed by atoms with Crippen LogP contribution in [0.3, 0.4) is 0 Å². The highest BCUT2D eigenvalue weighted by Crippen LogP contribution is 2.09. The molecule has 0 radical (unpaired) electrons. The van der Waals surface area contributed by atoms with E-state index in [0.29, 0.717) is 12.8 Å². The summed E-state index contributed by atoms with van der Waals surface area (Å²) in [6, 6.07) is 8.43. The van der Waals surface area contributed by atoms with Crippen molar-refractivity contribution in [2.75, 3.05) is 0 Å². The van der Waals surface area contributed by atoms with Crippen LogP contribution in [0.15, 0.2) is 42.5 Å². The van der Waals surface area contributed by atoms with Crippen LogP contribution in [0.25, 0.3) is 0 Å². The fourth-order valence-electron chi connectivity index (χ4n) is 2.33. The third kappa shape index (κ3) is 4.95. The number of nitrogens with one attached hydrogen (secondary N) is 2. The van der Waals surface area contributed by atoms with E-state index in [1.165, 1.54) is 0 Å². The van der Waals surface area contributed by atoms with E-state index in [1.54, 1.807) is 0 Å². The second-order valence-corrected chi connectivity index (χ2v) is 5.17. The Kier molecular flexibility index (Phi) is 5.37. The number of rotatable bonds is 6. The number of aryl methyl sites for hydroxylation is 1. The minimum atomic E-state index is -1.01. The third-order valence-corrected chi connectivity index (χ3v) is 3.51. The number of carbonyl (C=O) groups is 2. The van der Waals surface area contributed by atoms with Gasteiger partial charge in [0.25, 0.3) is 0 Å². The summed E-state index contributed by atoms with van der Waals surface area (Å²) in [5.74, 6) is -1.01. The number of carboxylic acids is 1. The van der Waals surface area contributed by atoms with Gasteiger partial charge in [-0.25, -0.2) is 9.59 Å². The van der Waals surface area contributed by atoms with Crippen LogP contribution in [0.4, 0.5) is 4.79 Å². The molecular formula is C16H20N2O3. The Hall–Kier alpha value is -2.30. The van der Waals surface area contributed by atoms with E-state index in [2.05, 4.69) is 10.6 Å². The molecule has 112 valence electrons. The quantitative estimate of drug-likeness (QED) is 0.701. The summed E-state index contributed by atoms with van der Waals surface area (Å²) >= 11 is 0. The molecule has 1 aromatic carbocycles. The first-order valence-corrected chi connectivity index (χ1v) is 7.14. The summed E-state index contributed by atoms with van der Waals surface area (Å²) in [6.45, 7) is 0. The van der Waals surface area contributed by atoms with Crippen molar-refractivity contribution in [2.24, 2.45) is 0 Å². The molecule has 5 heteroatoms. The molecule has 0 saturated heterocycles. The van der Waals surface area contributed by atoms with Crippen LogP contribution >= 0.6 is 0 Å². The lowest BCUT2D eigenvalue weighted by atomic mass is 10.1. The van der Waals surface area contributed by atoms with E-state index in [0.717, 1.165) is 18.4 Å². The van der Waals surface area contributed by atoms with Crippen LogP contribution in [0.5, 0.6) is 0 Å². The van der Waals surface area contributed by atoms with E-state index in [1.807, 2.05) is 42.5 Å². The van der Waals surface area contributed by atoms with Crippen LogP contribution < -0.4 is 10.6 Å². The molecule has 0 aromatic heterocycles. The van der Waals surface area contributed by atoms with Crippen molar-refractivity contribution in [3.63, 3.8) is 0 Å². The zero-order valence-electron chi connectivity index (χ0n) is 11.8. The number of carboxylic acid groups (broad SMARTS) is 1. The zero-order chi connectivity index (χ0) is 15.1. The van der Waals surface area contributed by atoms with E-state index in [9.17, 15) is 14.7 Å². The van der Waals surface area contributed by atoms with Crippen molar-refractivity contribution in [3.8, 4) is 0 Å². The first kappa shape index (κ1) is 15.1. The molecule has 2 rings (SSSR count). The minimum absolute atomic E-state index is 0.0774. The lowest BCUT2D eigenvalue weighted by Crippen LogP contribution is -2.48. The SMILES string of the molecule is O=C(NC1CC=CC1)N[C@@H](CCc1ccccc1)C(=O)O. The van der Waals surface area contributed by atoms with Gasteiger partial charge in [0.2, 0.25) is 0 Å². The molecule has 3 N–H and O–H groups in total. The molecule has 0 aliphatic heterocycles. The molecular weight excluding hydrogens is 268 g/mol. The van der Waals surface area contributed by atoms with Crippen LogP contribution in [0.1, 0.15) is 24.8 Å². The predicted octanol–water partition coefficient (Wildman–Crippen LogP) is 2.09. The molecule has 0 unspecified atom stereocenters. The van der Waals surface area contributed by atoms with Crippen LogP contribution in [0, 0.1) is 0 Å². The van der Waals surface area contributed by atoms with Crippen molar-refractivity contribution in [1.29, 1.82) is 0 Å². The van der Waals surface area contributed by atoms with Gasteiger partial charge in [-0.05, 0) is 31.2 Å². The zero-order valence-corrected chi connectivity index (χ0v) is 11.8. The Labute approximate surface area is 124 Å². The molecule has 2 amide bonds. The smallest absolute Gasteiger partial charge is 0.326 e. The standard InChI is InChI=1S/C16H20N2O3/c19-15(20)14(11-10-12-6-2-1-3-7-12)18-16(21)17-13-8-4-5-9-13/h1-7,13-14H,8-11H2,(H,19,20)(H2,17,18,21)/t14-/m0/s1. The Morgan fingerprint density at radius 1 is 1.19 bits per heavy atom. The number of carbonyl (C=O) groups excluding carboxylic acids is 1. The summed E-state index contributed by atoms with van der Waals surface area (Å²) < 4.78 is 0. The van der Waals surface area contributed by atoms with Crippen LogP contribution in [0.2, 0.25) is 0 Å². The second kappa shape index (κ2) is 7.47. The van der Waals surface area contributed by atoms with Crippen LogP contribution in [-0.4, -0.2) is 29.2 Å². The maximum Gasteiger partial charge on any atom is 0.326 e. The highest BCUT2D eigenvalue weighted by atomic mass is 16.4. The van der Waals surface area contributed by atoms with E-state index in [-0.39, 0.29) is 6.04 Å². The normalized spacial score (nSPS) is 15.6. The summed E-state index contributed by atoms with van der Waals surface area (Å²) in [6.07, 6.45) is 6.60. The van der Waals surface area contributed by atoms with Crippen molar-refractivity contribution >= 4 is 12.0 Å². The van der Waals surface area contributed by atoms with Gasteiger partial charge < -0.3 is 15.7 Å². The molecule has 21 heavy (non-hydrogen) atoms. The molecule has 0 heterocycles. The predicted molar refractivity (Wildman–Crippen MR) is 80.0 cm³/mol. The number of amides is 2. The average Bonchev–Trinajstić information content (AvgIpc) is 2.97. The number of hydrogen-bond acceptors (Lipinski definition) is 2. The van der Waals surface area contributed by atoms with Gasteiger partial charge in [0.15, 0.2) is 0 Å². The van der Waals surface area contributed by atoms with Gasteiger partial charge in [-0.1, -0.05) is 42.5 Å². The van der Waals surface area contributed by atoms with Crippen LogP contribution in [-0.2, 0) is 11.2 Å². The molecule has 1 aliphatic carbocycles. The minimum Gasteiger partial charge on any atom is -0.480 e. The molecule has 1 atom stereocenters. The molecule has 0 spiro atoms. The van der Waals surface area contributed by atoms with Crippen molar-refractivity contribution in [1.82, 2.24) is 10.6 Å². The van der Waals surface area contributed by atoms with Crippen molar-refractivity contribution < 1.29 is 14.7 Å². The summed E-state index contributed by atoms with van der Waals surface area (Å²) in [4.78, 5) is 23.1. The average molecular weight is 288 g/mol. The number of aliphatic carboxylic acids is 1. The van der Waals surface area contributed by atoms with E-state index >= 15 is 0 Å². The highest BCUT2D eigenvalue weighted by Gasteiger charge is 2.21. The lowest BCUT2D eigenvalue weighted by molar-refractivity contribution is -0.139. The first-order valence-electron chi connectivity index (χ1n) is 7.14. The Bertz CT molecular complexity index is 506. The summed E-state index contributed by atoms with van der Waals surface area (Å²) in [5, 5.41) is 14.5. The molecule has 0 fully saturated rings. The molecule has 0 bridgehead atoms. The first-order chi connectivity index (χ1) is 10.1. The van der Waals surface area contributed by atoms with Gasteiger partial charge >= 0.3 is 12.0 Å². The Morgan fingerprint density at radius 2 is 1.86 bits per heavy atom. The maximum atomic E-state index is 11.8. The highest BCUT2D eigenvalue weighted by molar-refractivity contribution is 5.82. The Balaban J connectivity index is 1.81. The molecule has 5 nitrogen and oxygen atoms in total. The molecule has 1 aliphatic rings. The number of urea groups is 1. The Morgan fingerprint density at radius 3 is 2.48 bits per heavy atom. The van der Waals surface area contributed by atoms with Gasteiger partial charge in [0.05, 0.1) is 0 Å². The fraction of sp³-hybridized carbons (Fsp3) is 0.375. The summed E-state index contributed by atoms with van der Waals surface area (Å²) in [7, 11) is 0. The van der Waals surface area contributed by atoms with Gasteiger partial charge in [0.1, 0.15) is 6.04 Å². The fourth-order valence-corrected chi connectivity index (χ4v) is 2.33. The van der Waals surface area contributed by atoms with Crippen molar-refractivity contribution in [3.05, 3.63) is 48.0 Å². The lowest BCUT2D eigenvalue weighted by Gasteiger charge is -2.18. The van der Waals surface area contributed by atoms with E-state index < -0.39 is 18.0 Å². The van der Waals surface area contributed by atoms with Gasteiger partial charge in [-0.15, -0.1) is 0 Å². The maximum absolute atomic E-state index is 11.8. The van der Waals surface area contributed by atoms with Gasteiger partial charge in [-0.2, -0.15) is 0 Å². The van der Waals surface area contributed by atoms with E-state index in [4.69, 9.17) is 0 Å². The van der Waals surface area contributed by atoms with Gasteiger partial charge in [-0.3, -0.25) is 0 Å². The third-order valence-electron chi connectivity index (χ3n) is 3.51. The van der Waals surface area contributed by atoms with Crippen molar-refractivity contribution in [2.45, 2.75) is 37.8 Å². The van der Waals surface area contributed by atoms with Gasteiger partial charge in [0, 0.05) is 6.04 Å². The summed E-state index contributed by atoms with van der Waals surface area (Å²) in [5.41, 5.74) is 1.06. The number of hydrogen-bond donors (Lipinski definition) is 3. The molecule has 1 aromatic rings. The topological polar surface area (TPSA) is 78.4 Å². The monoisotopic (exact) mass is 288 g/mol. The second-order valence-electron chi connectivity index (χ2n) is 5.17. The number of benzene rings is 1. The largest absolute Gasteiger partial charge is 0.480 e.